The van der Waals surface area contributed by atoms with Gasteiger partial charge in [-0.05, 0) is 12.8 Å². The number of allylic oxidation sites excluding steroid dienone is 1. The van der Waals surface area contributed by atoms with Crippen LogP contribution in [0.4, 0.5) is 0 Å². The Kier molecular flexibility index (Phi) is 4.84. The van der Waals surface area contributed by atoms with Crippen LogP contribution in [-0.2, 0) is 4.79 Å². The smallest absolute Gasteiger partial charge is 0.135 e. The molecular weight excluding hydrogens is 136 g/mol. The highest BCUT2D eigenvalue weighted by Crippen LogP contribution is 2.09. The van der Waals surface area contributed by atoms with Gasteiger partial charge < -0.3 is 0 Å². The highest BCUT2D eigenvalue weighted by atomic mass is 16.1. The molecule has 0 aromatic heterocycles. The molecule has 1 nitrogen and oxygen atoms in total. The maximum atomic E-state index is 11.1. The average Bonchev–Trinajstić information content (AvgIpc) is 1.99. The molecule has 0 rings (SSSR count). The van der Waals surface area contributed by atoms with Crippen molar-refractivity contribution in [1.82, 2.24) is 0 Å². The molecule has 0 heterocycles. The van der Waals surface area contributed by atoms with E-state index in [4.69, 9.17) is 0 Å². The maximum Gasteiger partial charge on any atom is 0.135 e. The van der Waals surface area contributed by atoms with Crippen LogP contribution in [0.3, 0.4) is 0 Å². The van der Waals surface area contributed by atoms with Crippen LogP contribution in [0.1, 0.15) is 40.0 Å². The molecule has 0 unspecified atom stereocenters. The molecule has 0 bridgehead atoms. The van der Waals surface area contributed by atoms with E-state index < -0.39 is 0 Å². The number of Topliss-reactive ketones (excluding diaryl/α,β-unsaturated/α-hetero) is 1. The fourth-order valence-corrected chi connectivity index (χ4v) is 0.765. The Labute approximate surface area is 69.5 Å². The highest BCUT2D eigenvalue weighted by molar-refractivity contribution is 5.80. The minimum absolute atomic E-state index is 0.180. The van der Waals surface area contributed by atoms with Gasteiger partial charge in [-0.2, -0.15) is 0 Å². The van der Waals surface area contributed by atoms with Gasteiger partial charge in [-0.3, -0.25) is 4.79 Å². The topological polar surface area (TPSA) is 17.1 Å². The molecular formula is C10H18O. The minimum atomic E-state index is 0.180. The third-order valence-electron chi connectivity index (χ3n) is 1.87. The molecule has 1 heteroatoms. The summed E-state index contributed by atoms with van der Waals surface area (Å²) in [5.74, 6) is 0.527. The average molecular weight is 154 g/mol. The number of ketones is 1. The third kappa shape index (κ3) is 4.77. The molecule has 0 atom stereocenters. The van der Waals surface area contributed by atoms with Gasteiger partial charge in [0.1, 0.15) is 5.78 Å². The lowest BCUT2D eigenvalue weighted by atomic mass is 10.0. The number of rotatable bonds is 5. The van der Waals surface area contributed by atoms with Gasteiger partial charge in [0.05, 0.1) is 0 Å². The zero-order valence-electron chi connectivity index (χ0n) is 7.81. The summed E-state index contributed by atoms with van der Waals surface area (Å²) in [5, 5.41) is 0. The van der Waals surface area contributed by atoms with Gasteiger partial charge in [0.15, 0.2) is 0 Å². The standard InChI is InChI=1S/C10H18O/c1-5-9(4)6-7-10(11)8(2)3/h8H,4-7H2,1-3H3. The Morgan fingerprint density at radius 3 is 2.27 bits per heavy atom. The third-order valence-corrected chi connectivity index (χ3v) is 1.87. The molecule has 0 spiro atoms. The molecule has 0 saturated heterocycles. The molecule has 11 heavy (non-hydrogen) atoms. The zero-order valence-corrected chi connectivity index (χ0v) is 7.81. The van der Waals surface area contributed by atoms with Crippen molar-refractivity contribution in [2.75, 3.05) is 0 Å². The summed E-state index contributed by atoms with van der Waals surface area (Å²) in [5.41, 5.74) is 1.18. The number of hydrogen-bond donors (Lipinski definition) is 0. The first-order chi connectivity index (χ1) is 5.07. The van der Waals surface area contributed by atoms with Crippen molar-refractivity contribution in [2.24, 2.45) is 5.92 Å². The molecule has 0 saturated carbocycles. The van der Waals surface area contributed by atoms with Crippen molar-refractivity contribution < 1.29 is 4.79 Å². The van der Waals surface area contributed by atoms with E-state index in [2.05, 4.69) is 13.5 Å². The second-order valence-corrected chi connectivity index (χ2v) is 3.22. The predicted octanol–water partition coefficient (Wildman–Crippen LogP) is 2.96. The summed E-state index contributed by atoms with van der Waals surface area (Å²) in [4.78, 5) is 11.1. The molecule has 0 radical (unpaired) electrons. The Hall–Kier alpha value is -0.590. The van der Waals surface area contributed by atoms with Crippen molar-refractivity contribution in [2.45, 2.75) is 40.0 Å². The minimum Gasteiger partial charge on any atom is -0.299 e. The molecule has 0 N–H and O–H groups in total. The van der Waals surface area contributed by atoms with Crippen LogP contribution in [0.15, 0.2) is 12.2 Å². The van der Waals surface area contributed by atoms with Gasteiger partial charge in [-0.15, -0.1) is 0 Å². The van der Waals surface area contributed by atoms with Crippen molar-refractivity contribution >= 4 is 5.78 Å². The number of carbonyl (C=O) groups is 1. The lowest BCUT2D eigenvalue weighted by Gasteiger charge is -2.04. The Morgan fingerprint density at radius 2 is 1.91 bits per heavy atom. The molecule has 0 amide bonds. The summed E-state index contributed by atoms with van der Waals surface area (Å²) >= 11 is 0. The predicted molar refractivity (Wildman–Crippen MR) is 48.5 cm³/mol. The fourth-order valence-electron chi connectivity index (χ4n) is 0.765. The molecule has 0 aliphatic carbocycles. The van der Waals surface area contributed by atoms with Crippen LogP contribution in [0.25, 0.3) is 0 Å². The Morgan fingerprint density at radius 1 is 1.36 bits per heavy atom. The zero-order chi connectivity index (χ0) is 8.85. The van der Waals surface area contributed by atoms with E-state index in [1.54, 1.807) is 0 Å². The Bertz CT molecular complexity index is 145. The second kappa shape index (κ2) is 5.11. The summed E-state index contributed by atoms with van der Waals surface area (Å²) < 4.78 is 0. The first-order valence-corrected chi connectivity index (χ1v) is 4.27. The van der Waals surface area contributed by atoms with Gasteiger partial charge in [0, 0.05) is 12.3 Å². The van der Waals surface area contributed by atoms with Gasteiger partial charge in [0.2, 0.25) is 0 Å². The van der Waals surface area contributed by atoms with Gasteiger partial charge in [-0.25, -0.2) is 0 Å². The summed E-state index contributed by atoms with van der Waals surface area (Å²) in [6.07, 6.45) is 2.53. The lowest BCUT2D eigenvalue weighted by molar-refractivity contribution is -0.121. The molecule has 0 aromatic carbocycles. The van der Waals surface area contributed by atoms with Crippen LogP contribution in [0.2, 0.25) is 0 Å². The van der Waals surface area contributed by atoms with Crippen molar-refractivity contribution in [3.63, 3.8) is 0 Å². The van der Waals surface area contributed by atoms with Gasteiger partial charge in [0.25, 0.3) is 0 Å². The van der Waals surface area contributed by atoms with Gasteiger partial charge in [-0.1, -0.05) is 32.9 Å². The number of carbonyl (C=O) groups excluding carboxylic acids is 1. The molecule has 0 aliphatic rings. The maximum absolute atomic E-state index is 11.1. The summed E-state index contributed by atoms with van der Waals surface area (Å²) in [7, 11) is 0. The van der Waals surface area contributed by atoms with Crippen molar-refractivity contribution in [3.05, 3.63) is 12.2 Å². The van der Waals surface area contributed by atoms with Crippen LogP contribution in [-0.4, -0.2) is 5.78 Å². The van der Waals surface area contributed by atoms with Crippen molar-refractivity contribution in [1.29, 1.82) is 0 Å². The van der Waals surface area contributed by atoms with Crippen LogP contribution >= 0.6 is 0 Å². The van der Waals surface area contributed by atoms with Gasteiger partial charge >= 0.3 is 0 Å². The highest BCUT2D eigenvalue weighted by Gasteiger charge is 2.06. The van der Waals surface area contributed by atoms with Crippen LogP contribution < -0.4 is 0 Å². The van der Waals surface area contributed by atoms with E-state index in [1.807, 2.05) is 13.8 Å². The molecule has 0 aliphatic heterocycles. The SMILES string of the molecule is C=C(CC)CCC(=O)C(C)C. The Balaban J connectivity index is 3.54. The first-order valence-electron chi connectivity index (χ1n) is 4.27. The fraction of sp³-hybridized carbons (Fsp3) is 0.700. The van der Waals surface area contributed by atoms with E-state index in [-0.39, 0.29) is 5.92 Å². The summed E-state index contributed by atoms with van der Waals surface area (Å²) in [6, 6.07) is 0. The van der Waals surface area contributed by atoms with Crippen LogP contribution in [0, 0.1) is 5.92 Å². The lowest BCUT2D eigenvalue weighted by Crippen LogP contribution is -2.06. The normalized spacial score (nSPS) is 10.2. The van der Waals surface area contributed by atoms with Crippen molar-refractivity contribution in [3.8, 4) is 0 Å². The van der Waals surface area contributed by atoms with E-state index >= 15 is 0 Å². The first kappa shape index (κ1) is 10.4. The van der Waals surface area contributed by atoms with E-state index in [0.717, 1.165) is 12.8 Å². The van der Waals surface area contributed by atoms with E-state index in [0.29, 0.717) is 12.2 Å². The number of hydrogen-bond acceptors (Lipinski definition) is 1. The summed E-state index contributed by atoms with van der Waals surface area (Å²) in [6.45, 7) is 9.81. The second-order valence-electron chi connectivity index (χ2n) is 3.22. The molecule has 0 aromatic rings. The van der Waals surface area contributed by atoms with Crippen LogP contribution in [0.5, 0.6) is 0 Å². The molecule has 64 valence electrons. The quantitative estimate of drug-likeness (QED) is 0.556. The largest absolute Gasteiger partial charge is 0.299 e. The van der Waals surface area contributed by atoms with E-state index in [9.17, 15) is 4.79 Å². The molecule has 0 fully saturated rings. The monoisotopic (exact) mass is 154 g/mol. The van der Waals surface area contributed by atoms with E-state index in [1.165, 1.54) is 5.57 Å².